The van der Waals surface area contributed by atoms with E-state index in [9.17, 15) is 9.59 Å². The van der Waals surface area contributed by atoms with Gasteiger partial charge in [0.2, 0.25) is 5.91 Å². The maximum absolute atomic E-state index is 11.7. The summed E-state index contributed by atoms with van der Waals surface area (Å²) in [5.74, 6) is -0.332. The summed E-state index contributed by atoms with van der Waals surface area (Å²) in [5, 5.41) is 3.34. The zero-order chi connectivity index (χ0) is 23.1. The van der Waals surface area contributed by atoms with Crippen LogP contribution < -0.4 is 21.5 Å². The van der Waals surface area contributed by atoms with Crippen LogP contribution in [0.25, 0.3) is 22.0 Å². The van der Waals surface area contributed by atoms with Crippen LogP contribution in [0, 0.1) is 0 Å². The van der Waals surface area contributed by atoms with E-state index >= 15 is 0 Å². The molecule has 0 aliphatic heterocycles. The van der Waals surface area contributed by atoms with Crippen molar-refractivity contribution in [1.29, 1.82) is 0 Å². The van der Waals surface area contributed by atoms with Crippen molar-refractivity contribution in [2.24, 2.45) is 11.5 Å². The van der Waals surface area contributed by atoms with Crippen molar-refractivity contribution < 1.29 is 14.3 Å². The van der Waals surface area contributed by atoms with Crippen LogP contribution in [0.2, 0.25) is 0 Å². The third kappa shape index (κ3) is 4.99. The van der Waals surface area contributed by atoms with E-state index in [4.69, 9.17) is 16.2 Å². The molecule has 0 spiro atoms. The average Bonchev–Trinajstić information content (AvgIpc) is 2.82. The summed E-state index contributed by atoms with van der Waals surface area (Å²) in [6.07, 6.45) is 7.59. The van der Waals surface area contributed by atoms with Crippen LogP contribution in [0.15, 0.2) is 84.9 Å². The summed E-state index contributed by atoms with van der Waals surface area (Å²) >= 11 is 0. The highest BCUT2D eigenvalue weighted by atomic mass is 16.5. The molecule has 0 aliphatic rings. The first kappa shape index (κ1) is 22.2. The van der Waals surface area contributed by atoms with Gasteiger partial charge in [-0.2, -0.15) is 0 Å². The highest BCUT2D eigenvalue weighted by Gasteiger charge is 2.13. The average molecular weight is 429 g/mol. The van der Waals surface area contributed by atoms with Gasteiger partial charge in [-0.05, 0) is 59.8 Å². The van der Waals surface area contributed by atoms with Crippen LogP contribution in [0.1, 0.15) is 10.5 Å². The van der Waals surface area contributed by atoms with Crippen molar-refractivity contribution in [2.45, 2.75) is 0 Å². The van der Waals surface area contributed by atoms with E-state index in [1.807, 2.05) is 24.3 Å². The van der Waals surface area contributed by atoms with Crippen molar-refractivity contribution in [3.63, 3.8) is 0 Å². The quantitative estimate of drug-likeness (QED) is 0.372. The third-order valence-electron chi connectivity index (χ3n) is 4.66. The minimum atomic E-state index is -0.626. The fourth-order valence-corrected chi connectivity index (χ4v) is 3.03. The number of amides is 2. The molecule has 0 saturated carbocycles. The van der Waals surface area contributed by atoms with Crippen molar-refractivity contribution in [3.05, 3.63) is 90.6 Å². The number of benzene rings is 1. The number of nitrogens with two attached hydrogens (primary N) is 2. The van der Waals surface area contributed by atoms with E-state index in [1.165, 1.54) is 18.4 Å². The molecule has 0 radical (unpaired) electrons. The van der Waals surface area contributed by atoms with E-state index in [-0.39, 0.29) is 18.1 Å². The summed E-state index contributed by atoms with van der Waals surface area (Å²) < 4.78 is 6.01. The van der Waals surface area contributed by atoms with Gasteiger partial charge in [-0.15, -0.1) is 0 Å². The van der Waals surface area contributed by atoms with Crippen LogP contribution in [-0.2, 0) is 4.79 Å². The van der Waals surface area contributed by atoms with Crippen molar-refractivity contribution in [1.82, 2.24) is 15.3 Å². The van der Waals surface area contributed by atoms with E-state index in [2.05, 4.69) is 21.9 Å². The number of aromatic nitrogens is 2. The minimum Gasteiger partial charge on any atom is -0.488 e. The van der Waals surface area contributed by atoms with Crippen LogP contribution in [0.3, 0.4) is 0 Å². The molecule has 0 bridgehead atoms. The van der Waals surface area contributed by atoms with E-state index < -0.39 is 5.91 Å². The van der Waals surface area contributed by atoms with Crippen molar-refractivity contribution in [2.75, 3.05) is 13.7 Å². The molecule has 0 aliphatic carbocycles. The SMILES string of the molecule is C=C(COc1cc(-c2ccc(C(=O)NC)nc2)cc2ncccc12)/C(=C\C=C/N)C(N)=O. The van der Waals surface area contributed by atoms with Gasteiger partial charge in [0.05, 0.1) is 5.52 Å². The molecule has 8 nitrogen and oxygen atoms in total. The maximum atomic E-state index is 11.7. The summed E-state index contributed by atoms with van der Waals surface area (Å²) in [6.45, 7) is 3.94. The number of ether oxygens (including phenoxy) is 1. The van der Waals surface area contributed by atoms with Crippen molar-refractivity contribution in [3.8, 4) is 16.9 Å². The smallest absolute Gasteiger partial charge is 0.269 e. The van der Waals surface area contributed by atoms with Crippen LogP contribution in [0.5, 0.6) is 5.75 Å². The molecule has 32 heavy (non-hydrogen) atoms. The lowest BCUT2D eigenvalue weighted by Crippen LogP contribution is -2.18. The first-order chi connectivity index (χ1) is 15.4. The van der Waals surface area contributed by atoms with Gasteiger partial charge in [0.25, 0.3) is 5.91 Å². The standard InChI is InChI=1S/C24H23N5O3/c1-15(18(23(26)30)5-3-9-25)14-32-22-12-17(11-21-19(22)6-4-10-28-21)16-7-8-20(29-13-16)24(31)27-2/h3-13H,1,14,25H2,2H3,(H2,26,30)(H,27,31)/b9-3-,18-5+. The van der Waals surface area contributed by atoms with Gasteiger partial charge in [-0.1, -0.05) is 12.6 Å². The molecule has 0 saturated heterocycles. The lowest BCUT2D eigenvalue weighted by atomic mass is 10.0. The van der Waals surface area contributed by atoms with Crippen molar-refractivity contribution >= 4 is 22.7 Å². The number of fused-ring (bicyclic) bond motifs is 1. The second-order valence-electron chi connectivity index (χ2n) is 6.78. The number of nitrogens with one attached hydrogen (secondary N) is 1. The predicted molar refractivity (Wildman–Crippen MR) is 124 cm³/mol. The van der Waals surface area contributed by atoms with Gasteiger partial charge in [0.1, 0.15) is 18.1 Å². The summed E-state index contributed by atoms with van der Waals surface area (Å²) in [6, 6.07) is 10.9. The van der Waals surface area contributed by atoms with Crippen LogP contribution >= 0.6 is 0 Å². The Morgan fingerprint density at radius 3 is 2.66 bits per heavy atom. The Labute approximate surface area is 185 Å². The Kier molecular flexibility index (Phi) is 6.97. The van der Waals surface area contributed by atoms with Gasteiger partial charge in [-0.3, -0.25) is 19.6 Å². The topological polar surface area (TPSA) is 133 Å². The van der Waals surface area contributed by atoms with Gasteiger partial charge in [0.15, 0.2) is 0 Å². The van der Waals surface area contributed by atoms with Crippen LogP contribution in [0.4, 0.5) is 0 Å². The Morgan fingerprint density at radius 2 is 2.00 bits per heavy atom. The number of primary amides is 1. The van der Waals surface area contributed by atoms with E-state index in [1.54, 1.807) is 31.6 Å². The Morgan fingerprint density at radius 1 is 1.19 bits per heavy atom. The number of hydrogen-bond acceptors (Lipinski definition) is 6. The number of nitrogens with zero attached hydrogens (tertiary/aromatic N) is 2. The molecule has 3 aromatic rings. The van der Waals surface area contributed by atoms with E-state index in [0.717, 1.165) is 22.0 Å². The highest BCUT2D eigenvalue weighted by molar-refractivity contribution is 5.97. The summed E-state index contributed by atoms with van der Waals surface area (Å²) in [5.41, 5.74) is 14.0. The number of pyridine rings is 2. The largest absolute Gasteiger partial charge is 0.488 e. The van der Waals surface area contributed by atoms with Gasteiger partial charge < -0.3 is 21.5 Å². The first-order valence-corrected chi connectivity index (χ1v) is 9.71. The Bertz CT molecular complexity index is 1230. The molecule has 0 fully saturated rings. The zero-order valence-corrected chi connectivity index (χ0v) is 17.5. The zero-order valence-electron chi connectivity index (χ0n) is 17.5. The molecular weight excluding hydrogens is 406 g/mol. The predicted octanol–water partition coefficient (Wildman–Crippen LogP) is 2.48. The lowest BCUT2D eigenvalue weighted by Gasteiger charge is -2.14. The fourth-order valence-electron chi connectivity index (χ4n) is 3.03. The Balaban J connectivity index is 1.94. The van der Waals surface area contributed by atoms with Gasteiger partial charge in [-0.25, -0.2) is 0 Å². The Hall–Kier alpha value is -4.46. The molecule has 3 rings (SSSR count). The van der Waals surface area contributed by atoms with Crippen LogP contribution in [-0.4, -0.2) is 35.4 Å². The molecule has 162 valence electrons. The maximum Gasteiger partial charge on any atom is 0.269 e. The second kappa shape index (κ2) is 10.0. The van der Waals surface area contributed by atoms with Gasteiger partial charge >= 0.3 is 0 Å². The summed E-state index contributed by atoms with van der Waals surface area (Å²) in [7, 11) is 1.55. The monoisotopic (exact) mass is 429 g/mol. The number of carbonyl (C=O) groups is 2. The highest BCUT2D eigenvalue weighted by Crippen LogP contribution is 2.32. The molecule has 0 unspecified atom stereocenters. The molecule has 2 heterocycles. The fraction of sp³-hybridized carbons (Fsp3) is 0.0833. The lowest BCUT2D eigenvalue weighted by molar-refractivity contribution is -0.114. The molecule has 0 atom stereocenters. The second-order valence-corrected chi connectivity index (χ2v) is 6.78. The number of carbonyl (C=O) groups excluding carboxylic acids is 2. The van der Waals surface area contributed by atoms with Gasteiger partial charge in [0, 0.05) is 36.0 Å². The first-order valence-electron chi connectivity index (χ1n) is 9.71. The molecule has 2 amide bonds. The molecule has 8 heteroatoms. The number of rotatable bonds is 8. The molecule has 5 N–H and O–H groups in total. The normalized spacial score (nSPS) is 11.5. The summed E-state index contributed by atoms with van der Waals surface area (Å²) in [4.78, 5) is 32.1. The van der Waals surface area contributed by atoms with E-state index in [0.29, 0.717) is 17.0 Å². The number of hydrogen-bond donors (Lipinski definition) is 3. The third-order valence-corrected chi connectivity index (χ3v) is 4.66. The molecule has 2 aromatic heterocycles. The number of allylic oxidation sites excluding steroid dienone is 2. The minimum absolute atomic E-state index is 0.0362. The molecular formula is C24H23N5O3. The molecule has 1 aromatic carbocycles.